The van der Waals surface area contributed by atoms with Crippen molar-refractivity contribution in [2.24, 2.45) is 0 Å². The number of amides is 1. The van der Waals surface area contributed by atoms with E-state index in [1.807, 2.05) is 4.90 Å². The Labute approximate surface area is 177 Å². The lowest BCUT2D eigenvalue weighted by Gasteiger charge is -2.39. The molecule has 8 nitrogen and oxygen atoms in total. The minimum absolute atomic E-state index is 0.0267. The van der Waals surface area contributed by atoms with Crippen molar-refractivity contribution < 1.29 is 18.7 Å². The number of phenols is 1. The summed E-state index contributed by atoms with van der Waals surface area (Å²) in [4.78, 5) is 21.0. The Hall–Kier alpha value is -3.27. The number of nitrogens with one attached hydrogen (secondary N) is 1. The van der Waals surface area contributed by atoms with Crippen molar-refractivity contribution in [2.45, 2.75) is 25.2 Å². The van der Waals surface area contributed by atoms with E-state index in [0.29, 0.717) is 56.3 Å². The summed E-state index contributed by atoms with van der Waals surface area (Å²) in [6, 6.07) is 7.82. The Balaban J connectivity index is 1.21. The van der Waals surface area contributed by atoms with Gasteiger partial charge in [-0.25, -0.2) is 18.3 Å². The number of anilines is 1. The molecule has 162 valence electrons. The van der Waals surface area contributed by atoms with Crippen molar-refractivity contribution in [3.63, 3.8) is 0 Å². The standard InChI is InChI=1S/C21H22F2N6O2/c22-14-5-6-28(10-14)20-4-3-19-24-8-17(29(19)26-20)21(31)25-15-11-27(12-15)9-13-1-2-16(23)18(30)7-13/h1-4,7-8,14-15,30H,5-6,9-12H2,(H,25,31). The lowest BCUT2D eigenvalue weighted by molar-refractivity contribution is 0.0788. The zero-order valence-corrected chi connectivity index (χ0v) is 16.7. The number of hydrogen-bond acceptors (Lipinski definition) is 6. The van der Waals surface area contributed by atoms with Gasteiger partial charge in [0.15, 0.2) is 22.9 Å². The number of nitrogens with zero attached hydrogens (tertiary/aromatic N) is 5. The second-order valence-electron chi connectivity index (χ2n) is 8.09. The van der Waals surface area contributed by atoms with Crippen LogP contribution >= 0.6 is 0 Å². The molecule has 1 unspecified atom stereocenters. The fraction of sp³-hybridized carbons (Fsp3) is 0.381. The van der Waals surface area contributed by atoms with Gasteiger partial charge in [0.05, 0.1) is 18.8 Å². The van der Waals surface area contributed by atoms with E-state index in [9.17, 15) is 18.7 Å². The van der Waals surface area contributed by atoms with Crippen molar-refractivity contribution in [1.29, 1.82) is 0 Å². The fourth-order valence-electron chi connectivity index (χ4n) is 4.08. The molecule has 2 aliphatic heterocycles. The number of hydrogen-bond donors (Lipinski definition) is 2. The first-order chi connectivity index (χ1) is 15.0. The molecule has 5 rings (SSSR count). The molecule has 1 amide bonds. The molecule has 0 radical (unpaired) electrons. The number of aromatic nitrogens is 3. The van der Waals surface area contributed by atoms with Crippen LogP contribution in [0.5, 0.6) is 5.75 Å². The molecular weight excluding hydrogens is 406 g/mol. The second kappa shape index (κ2) is 7.77. The monoisotopic (exact) mass is 428 g/mol. The Bertz CT molecular complexity index is 1130. The van der Waals surface area contributed by atoms with Crippen molar-refractivity contribution in [3.05, 3.63) is 53.6 Å². The molecule has 1 aromatic carbocycles. The Morgan fingerprint density at radius 3 is 2.81 bits per heavy atom. The number of likely N-dealkylation sites (tertiary alicyclic amines) is 1. The zero-order chi connectivity index (χ0) is 21.5. The molecular formula is C21H22F2N6O2. The number of carbonyl (C=O) groups excluding carboxylic acids is 1. The normalized spacial score (nSPS) is 19.7. The van der Waals surface area contributed by atoms with Gasteiger partial charge in [-0.2, -0.15) is 0 Å². The third-order valence-electron chi connectivity index (χ3n) is 5.74. The molecule has 10 heteroatoms. The maximum absolute atomic E-state index is 13.5. The summed E-state index contributed by atoms with van der Waals surface area (Å²) in [5.41, 5.74) is 1.69. The molecule has 31 heavy (non-hydrogen) atoms. The smallest absolute Gasteiger partial charge is 0.271 e. The van der Waals surface area contributed by atoms with Gasteiger partial charge >= 0.3 is 0 Å². The summed E-state index contributed by atoms with van der Waals surface area (Å²) in [5.74, 6) is -0.655. The summed E-state index contributed by atoms with van der Waals surface area (Å²) >= 11 is 0. The first kappa shape index (κ1) is 19.7. The highest BCUT2D eigenvalue weighted by Gasteiger charge is 2.29. The van der Waals surface area contributed by atoms with Crippen LogP contribution in [0, 0.1) is 5.82 Å². The Kier molecular flexibility index (Phi) is 4.93. The molecule has 3 aromatic rings. The van der Waals surface area contributed by atoms with Gasteiger partial charge in [0.1, 0.15) is 12.0 Å². The summed E-state index contributed by atoms with van der Waals surface area (Å²) in [6.45, 7) is 2.75. The number of carbonyl (C=O) groups is 1. The van der Waals surface area contributed by atoms with Crippen molar-refractivity contribution in [1.82, 2.24) is 24.8 Å². The van der Waals surface area contributed by atoms with Gasteiger partial charge in [0, 0.05) is 26.2 Å². The minimum Gasteiger partial charge on any atom is -0.505 e. The van der Waals surface area contributed by atoms with Crippen LogP contribution in [0.25, 0.3) is 5.65 Å². The predicted molar refractivity (Wildman–Crippen MR) is 109 cm³/mol. The number of imidazole rings is 1. The average Bonchev–Trinajstić information content (AvgIpc) is 3.34. The van der Waals surface area contributed by atoms with E-state index >= 15 is 0 Å². The van der Waals surface area contributed by atoms with Gasteiger partial charge in [-0.15, -0.1) is 5.10 Å². The van der Waals surface area contributed by atoms with Crippen LogP contribution in [-0.4, -0.2) is 68.9 Å². The van der Waals surface area contributed by atoms with Crippen molar-refractivity contribution >= 4 is 17.4 Å². The van der Waals surface area contributed by atoms with E-state index < -0.39 is 12.0 Å². The molecule has 0 saturated carbocycles. The molecule has 4 heterocycles. The van der Waals surface area contributed by atoms with Crippen LogP contribution in [0.3, 0.4) is 0 Å². The number of phenolic OH excluding ortho intramolecular Hbond substituents is 1. The molecule has 2 N–H and O–H groups in total. The summed E-state index contributed by atoms with van der Waals surface area (Å²) in [5, 5.41) is 17.0. The molecule has 0 aliphatic carbocycles. The minimum atomic E-state index is -0.858. The van der Waals surface area contributed by atoms with Gasteiger partial charge in [-0.3, -0.25) is 9.69 Å². The van der Waals surface area contributed by atoms with E-state index in [4.69, 9.17) is 0 Å². The number of benzene rings is 1. The van der Waals surface area contributed by atoms with E-state index in [2.05, 4.69) is 20.3 Å². The fourth-order valence-corrected chi connectivity index (χ4v) is 4.08. The summed E-state index contributed by atoms with van der Waals surface area (Å²) in [6.07, 6.45) is 1.11. The van der Waals surface area contributed by atoms with Crippen LogP contribution in [-0.2, 0) is 6.54 Å². The predicted octanol–water partition coefficient (Wildman–Crippen LogP) is 1.74. The third-order valence-corrected chi connectivity index (χ3v) is 5.74. The van der Waals surface area contributed by atoms with Crippen LogP contribution < -0.4 is 10.2 Å². The molecule has 2 aromatic heterocycles. The highest BCUT2D eigenvalue weighted by molar-refractivity contribution is 5.93. The van der Waals surface area contributed by atoms with Crippen LogP contribution in [0.15, 0.2) is 36.5 Å². The van der Waals surface area contributed by atoms with E-state index in [1.165, 1.54) is 22.8 Å². The highest BCUT2D eigenvalue weighted by atomic mass is 19.1. The highest BCUT2D eigenvalue weighted by Crippen LogP contribution is 2.22. The van der Waals surface area contributed by atoms with Gasteiger partial charge in [-0.05, 0) is 36.2 Å². The maximum Gasteiger partial charge on any atom is 0.271 e. The zero-order valence-electron chi connectivity index (χ0n) is 16.7. The van der Waals surface area contributed by atoms with Crippen LogP contribution in [0.1, 0.15) is 22.5 Å². The number of alkyl halides is 1. The first-order valence-corrected chi connectivity index (χ1v) is 10.2. The van der Waals surface area contributed by atoms with E-state index in [0.717, 1.165) is 5.56 Å². The molecule has 2 aliphatic rings. The number of aromatic hydroxyl groups is 1. The topological polar surface area (TPSA) is 86.0 Å². The SMILES string of the molecule is O=C(NC1CN(Cc2ccc(F)c(O)c2)C1)c1cnc2ccc(N3CCC(F)C3)nn12. The lowest BCUT2D eigenvalue weighted by atomic mass is 10.1. The number of halogens is 2. The van der Waals surface area contributed by atoms with Gasteiger partial charge in [0.25, 0.3) is 5.91 Å². The maximum atomic E-state index is 13.5. The lowest BCUT2D eigenvalue weighted by Crippen LogP contribution is -2.58. The molecule has 1 atom stereocenters. The molecule has 0 bridgehead atoms. The molecule has 2 saturated heterocycles. The second-order valence-corrected chi connectivity index (χ2v) is 8.09. The first-order valence-electron chi connectivity index (χ1n) is 10.2. The van der Waals surface area contributed by atoms with Crippen molar-refractivity contribution in [3.8, 4) is 5.75 Å². The Morgan fingerprint density at radius 2 is 2.06 bits per heavy atom. The van der Waals surface area contributed by atoms with Gasteiger partial charge in [0.2, 0.25) is 0 Å². The number of rotatable bonds is 5. The summed E-state index contributed by atoms with van der Waals surface area (Å²) in [7, 11) is 0. The third kappa shape index (κ3) is 3.90. The van der Waals surface area contributed by atoms with Gasteiger partial charge in [-0.1, -0.05) is 6.07 Å². The summed E-state index contributed by atoms with van der Waals surface area (Å²) < 4.78 is 28.2. The van der Waals surface area contributed by atoms with Crippen LogP contribution in [0.2, 0.25) is 0 Å². The molecule has 0 spiro atoms. The van der Waals surface area contributed by atoms with Crippen molar-refractivity contribution in [2.75, 3.05) is 31.1 Å². The van der Waals surface area contributed by atoms with E-state index in [-0.39, 0.29) is 17.7 Å². The average molecular weight is 428 g/mol. The largest absolute Gasteiger partial charge is 0.505 e. The van der Waals surface area contributed by atoms with Gasteiger partial charge < -0.3 is 15.3 Å². The van der Waals surface area contributed by atoms with E-state index in [1.54, 1.807) is 18.2 Å². The number of fused-ring (bicyclic) bond motifs is 1. The Morgan fingerprint density at radius 1 is 1.23 bits per heavy atom. The molecule has 2 fully saturated rings. The van der Waals surface area contributed by atoms with Crippen LogP contribution in [0.4, 0.5) is 14.6 Å². The quantitative estimate of drug-likeness (QED) is 0.644.